The fourth-order valence-corrected chi connectivity index (χ4v) is 1.47. The van der Waals surface area contributed by atoms with E-state index in [4.69, 9.17) is 16.3 Å². The summed E-state index contributed by atoms with van der Waals surface area (Å²) in [6, 6.07) is 0. The molecule has 0 aromatic heterocycles. The molecule has 1 aliphatic rings. The monoisotopic (exact) mass is 186 g/mol. The third kappa shape index (κ3) is 2.90. The summed E-state index contributed by atoms with van der Waals surface area (Å²) in [6.07, 6.45) is 9.45. The van der Waals surface area contributed by atoms with Gasteiger partial charge in [0.1, 0.15) is 6.10 Å². The van der Waals surface area contributed by atoms with Crippen LogP contribution in [0.4, 0.5) is 0 Å². The predicted molar refractivity (Wildman–Crippen MR) is 52.3 cm³/mol. The molecule has 0 bridgehead atoms. The van der Waals surface area contributed by atoms with Gasteiger partial charge in [-0.15, -0.1) is 11.6 Å². The first-order valence-electron chi connectivity index (χ1n) is 4.42. The molecule has 0 aliphatic carbocycles. The van der Waals surface area contributed by atoms with Crippen molar-refractivity contribution in [3.05, 3.63) is 24.0 Å². The lowest BCUT2D eigenvalue weighted by Crippen LogP contribution is -2.10. The quantitative estimate of drug-likeness (QED) is 0.486. The second kappa shape index (κ2) is 5.26. The van der Waals surface area contributed by atoms with Crippen LogP contribution in [0.25, 0.3) is 0 Å². The van der Waals surface area contributed by atoms with E-state index in [9.17, 15) is 0 Å². The van der Waals surface area contributed by atoms with Gasteiger partial charge in [0, 0.05) is 5.88 Å². The van der Waals surface area contributed by atoms with Crippen molar-refractivity contribution in [1.82, 2.24) is 0 Å². The highest BCUT2D eigenvalue weighted by molar-refractivity contribution is 6.19. The number of halogens is 1. The summed E-state index contributed by atoms with van der Waals surface area (Å²) in [5, 5.41) is 0. The lowest BCUT2D eigenvalue weighted by Gasteiger charge is -2.16. The Labute approximate surface area is 79.1 Å². The first-order valence-corrected chi connectivity index (χ1v) is 4.96. The lowest BCUT2D eigenvalue weighted by atomic mass is 10.1. The van der Waals surface area contributed by atoms with E-state index >= 15 is 0 Å². The maximum absolute atomic E-state index is 5.75. The van der Waals surface area contributed by atoms with E-state index in [1.165, 1.54) is 5.57 Å². The van der Waals surface area contributed by atoms with E-state index < -0.39 is 0 Å². The Bertz CT molecular complexity index is 178. The van der Waals surface area contributed by atoms with Gasteiger partial charge < -0.3 is 4.74 Å². The minimum atomic E-state index is 0.253. The van der Waals surface area contributed by atoms with Crippen LogP contribution >= 0.6 is 11.6 Å². The molecule has 0 N–H and O–H groups in total. The second-order valence-corrected chi connectivity index (χ2v) is 3.20. The Kier molecular flexibility index (Phi) is 4.23. The van der Waals surface area contributed by atoms with Crippen molar-refractivity contribution in [1.29, 1.82) is 0 Å². The summed E-state index contributed by atoms with van der Waals surface area (Å²) in [5.74, 6) is 0.625. The molecule has 0 aromatic carbocycles. The predicted octanol–water partition coefficient (Wildman–Crippen LogP) is 3.25. The number of rotatable bonds is 3. The molecule has 1 aliphatic heterocycles. The molecule has 0 aromatic rings. The molecular weight excluding hydrogens is 172 g/mol. The fraction of sp³-hybridized carbons (Fsp3) is 0.600. The largest absolute Gasteiger partial charge is 0.494 e. The summed E-state index contributed by atoms with van der Waals surface area (Å²) in [4.78, 5) is 0. The van der Waals surface area contributed by atoms with Crippen molar-refractivity contribution in [2.75, 3.05) is 5.88 Å². The Balaban J connectivity index is 2.46. The highest BCUT2D eigenvalue weighted by Gasteiger charge is 2.07. The van der Waals surface area contributed by atoms with Crippen LogP contribution in [0.3, 0.4) is 0 Å². The number of allylic oxidation sites excluding steroid dienone is 2. The van der Waals surface area contributed by atoms with Crippen molar-refractivity contribution in [3.63, 3.8) is 0 Å². The van der Waals surface area contributed by atoms with Gasteiger partial charge in [0.15, 0.2) is 0 Å². The number of hydrogen-bond donors (Lipinski definition) is 0. The minimum Gasteiger partial charge on any atom is -0.494 e. The zero-order valence-corrected chi connectivity index (χ0v) is 8.18. The van der Waals surface area contributed by atoms with Gasteiger partial charge in [-0.1, -0.05) is 12.5 Å². The first-order chi connectivity index (χ1) is 5.86. The standard InChI is InChI=1S/C10H15ClO/c1-2-9(8-11)7-10-5-3-4-6-12-10/h4,6-7,10H,2-3,5,8H2,1H3/b9-7+. The normalized spacial score (nSPS) is 23.8. The molecule has 1 nitrogen and oxygen atoms in total. The van der Waals surface area contributed by atoms with Gasteiger partial charge in [0.05, 0.1) is 6.26 Å². The van der Waals surface area contributed by atoms with E-state index in [1.54, 1.807) is 6.26 Å². The molecular formula is C10H15ClO. The molecule has 1 rings (SSSR count). The molecule has 68 valence electrons. The molecule has 12 heavy (non-hydrogen) atoms. The zero-order valence-electron chi connectivity index (χ0n) is 7.42. The molecule has 1 unspecified atom stereocenters. The molecule has 0 saturated carbocycles. The third-order valence-corrected chi connectivity index (χ3v) is 2.36. The molecule has 0 fully saturated rings. The average Bonchev–Trinajstić information content (AvgIpc) is 2.16. The van der Waals surface area contributed by atoms with Gasteiger partial charge in [0.25, 0.3) is 0 Å². The molecule has 1 atom stereocenters. The summed E-state index contributed by atoms with van der Waals surface area (Å²) in [5.41, 5.74) is 1.27. The van der Waals surface area contributed by atoms with Crippen molar-refractivity contribution in [2.24, 2.45) is 0 Å². The third-order valence-electron chi connectivity index (χ3n) is 2.01. The summed E-state index contributed by atoms with van der Waals surface area (Å²) in [7, 11) is 0. The van der Waals surface area contributed by atoms with Gasteiger partial charge in [0.2, 0.25) is 0 Å². The van der Waals surface area contributed by atoms with Crippen molar-refractivity contribution in [3.8, 4) is 0 Å². The first kappa shape index (κ1) is 9.66. The SMILES string of the molecule is CC/C(=C\C1CCC=CO1)CCl. The van der Waals surface area contributed by atoms with E-state index in [2.05, 4.69) is 19.1 Å². The molecule has 0 radical (unpaired) electrons. The van der Waals surface area contributed by atoms with E-state index in [0.29, 0.717) is 5.88 Å². The Morgan fingerprint density at radius 2 is 2.58 bits per heavy atom. The molecule has 0 saturated heterocycles. The second-order valence-electron chi connectivity index (χ2n) is 2.94. The molecule has 0 spiro atoms. The Morgan fingerprint density at radius 3 is 3.08 bits per heavy atom. The van der Waals surface area contributed by atoms with Crippen LogP contribution in [0.1, 0.15) is 26.2 Å². The van der Waals surface area contributed by atoms with Gasteiger partial charge in [-0.3, -0.25) is 0 Å². The van der Waals surface area contributed by atoms with Crippen molar-refractivity contribution in [2.45, 2.75) is 32.3 Å². The average molecular weight is 187 g/mol. The fourth-order valence-electron chi connectivity index (χ4n) is 1.20. The smallest absolute Gasteiger partial charge is 0.117 e. The van der Waals surface area contributed by atoms with Gasteiger partial charge in [-0.2, -0.15) is 0 Å². The number of alkyl halides is 1. The van der Waals surface area contributed by atoms with Crippen molar-refractivity contribution >= 4 is 11.6 Å². The highest BCUT2D eigenvalue weighted by Crippen LogP contribution is 2.15. The van der Waals surface area contributed by atoms with Gasteiger partial charge in [-0.05, 0) is 31.4 Å². The van der Waals surface area contributed by atoms with E-state index in [1.807, 2.05) is 0 Å². The molecule has 1 heterocycles. The summed E-state index contributed by atoms with van der Waals surface area (Å²) in [6.45, 7) is 2.12. The minimum absolute atomic E-state index is 0.253. The highest BCUT2D eigenvalue weighted by atomic mass is 35.5. The van der Waals surface area contributed by atoms with E-state index in [-0.39, 0.29) is 6.10 Å². The summed E-state index contributed by atoms with van der Waals surface area (Å²) < 4.78 is 5.40. The van der Waals surface area contributed by atoms with Gasteiger partial charge >= 0.3 is 0 Å². The van der Waals surface area contributed by atoms with Crippen molar-refractivity contribution < 1.29 is 4.74 Å². The van der Waals surface area contributed by atoms with Crippen LogP contribution in [0.2, 0.25) is 0 Å². The number of ether oxygens (including phenoxy) is 1. The van der Waals surface area contributed by atoms with Crippen LogP contribution in [0.15, 0.2) is 24.0 Å². The molecule has 0 amide bonds. The van der Waals surface area contributed by atoms with Crippen LogP contribution in [0, 0.1) is 0 Å². The van der Waals surface area contributed by atoms with Crippen LogP contribution in [-0.4, -0.2) is 12.0 Å². The Hall–Kier alpha value is -0.430. The number of hydrogen-bond acceptors (Lipinski definition) is 1. The maximum atomic E-state index is 5.75. The summed E-state index contributed by atoms with van der Waals surface area (Å²) >= 11 is 5.75. The zero-order chi connectivity index (χ0) is 8.81. The van der Waals surface area contributed by atoms with E-state index in [0.717, 1.165) is 19.3 Å². The van der Waals surface area contributed by atoms with Crippen LogP contribution < -0.4 is 0 Å². The van der Waals surface area contributed by atoms with Crippen LogP contribution in [0.5, 0.6) is 0 Å². The lowest BCUT2D eigenvalue weighted by molar-refractivity contribution is 0.164. The topological polar surface area (TPSA) is 9.23 Å². The Morgan fingerprint density at radius 1 is 1.75 bits per heavy atom. The van der Waals surface area contributed by atoms with Crippen LogP contribution in [-0.2, 0) is 4.74 Å². The van der Waals surface area contributed by atoms with Gasteiger partial charge in [-0.25, -0.2) is 0 Å². The maximum Gasteiger partial charge on any atom is 0.117 e. The molecule has 2 heteroatoms.